The minimum atomic E-state index is -0.914. The molecule has 0 spiro atoms. The zero-order chi connectivity index (χ0) is 19.1. The maximum absolute atomic E-state index is 13.6. The van der Waals surface area contributed by atoms with Crippen molar-refractivity contribution < 1.29 is 9.13 Å². The molecule has 3 rings (SSSR count). The van der Waals surface area contributed by atoms with E-state index in [1.165, 1.54) is 19.3 Å². The van der Waals surface area contributed by atoms with Crippen LogP contribution in [0.5, 0.6) is 5.75 Å². The lowest BCUT2D eigenvalue weighted by molar-refractivity contribution is 0.340. The normalized spacial score (nSPS) is 16.0. The molecule has 2 heterocycles. The third-order valence-corrected chi connectivity index (χ3v) is 4.90. The molecule has 2 N–H and O–H groups in total. The molecule has 0 radical (unpaired) electrons. The summed E-state index contributed by atoms with van der Waals surface area (Å²) in [6.45, 7) is 2.02. The van der Waals surface area contributed by atoms with Gasteiger partial charge in [-0.25, -0.2) is 9.37 Å². The Bertz CT molecular complexity index is 736. The largest absolute Gasteiger partial charge is 0.497 e. The van der Waals surface area contributed by atoms with Gasteiger partial charge in [-0.3, -0.25) is 4.98 Å². The van der Waals surface area contributed by atoms with Crippen molar-refractivity contribution in [1.82, 2.24) is 15.0 Å². The van der Waals surface area contributed by atoms with Gasteiger partial charge in [0.2, 0.25) is 5.95 Å². The summed E-state index contributed by atoms with van der Waals surface area (Å²) in [6, 6.07) is 4.06. The van der Waals surface area contributed by atoms with Gasteiger partial charge >= 0.3 is 0 Å². The van der Waals surface area contributed by atoms with Crippen LogP contribution in [-0.2, 0) is 0 Å². The highest BCUT2D eigenvalue weighted by atomic mass is 19.1. The van der Waals surface area contributed by atoms with E-state index in [2.05, 4.69) is 25.6 Å². The number of aromatic nitrogens is 3. The SMILES string of the molecule is CCC(F)CNc1ncc(-c2cc(OC)ccn2)c(NC2CCCCC2)n1. The third kappa shape index (κ3) is 5.28. The molecular weight excluding hydrogens is 345 g/mol. The first-order chi connectivity index (χ1) is 13.2. The minimum Gasteiger partial charge on any atom is -0.497 e. The number of nitrogens with zero attached hydrogens (tertiary/aromatic N) is 3. The van der Waals surface area contributed by atoms with Gasteiger partial charge in [-0.1, -0.05) is 26.2 Å². The summed E-state index contributed by atoms with van der Waals surface area (Å²) in [5.41, 5.74) is 1.56. The predicted molar refractivity (Wildman–Crippen MR) is 106 cm³/mol. The summed E-state index contributed by atoms with van der Waals surface area (Å²) >= 11 is 0. The molecule has 0 bridgehead atoms. The number of anilines is 2. The van der Waals surface area contributed by atoms with Crippen molar-refractivity contribution in [3.8, 4) is 17.0 Å². The number of nitrogens with one attached hydrogen (secondary N) is 2. The molecule has 1 fully saturated rings. The monoisotopic (exact) mass is 373 g/mol. The van der Waals surface area contributed by atoms with Crippen LogP contribution in [0, 0.1) is 0 Å². The molecule has 0 aromatic carbocycles. The molecule has 0 saturated heterocycles. The summed E-state index contributed by atoms with van der Waals surface area (Å²) in [5, 5.41) is 6.55. The maximum Gasteiger partial charge on any atom is 0.224 e. The second-order valence-corrected chi connectivity index (χ2v) is 6.90. The van der Waals surface area contributed by atoms with E-state index in [9.17, 15) is 4.39 Å². The fourth-order valence-corrected chi connectivity index (χ4v) is 3.24. The summed E-state index contributed by atoms with van der Waals surface area (Å²) in [5.74, 6) is 1.89. The number of halogens is 1. The van der Waals surface area contributed by atoms with E-state index in [0.29, 0.717) is 18.4 Å². The molecule has 0 amide bonds. The Morgan fingerprint density at radius 3 is 2.81 bits per heavy atom. The van der Waals surface area contributed by atoms with Crippen LogP contribution in [0.25, 0.3) is 11.3 Å². The van der Waals surface area contributed by atoms with Crippen molar-refractivity contribution in [2.24, 2.45) is 0 Å². The van der Waals surface area contributed by atoms with Gasteiger partial charge in [0.25, 0.3) is 0 Å². The zero-order valence-electron chi connectivity index (χ0n) is 16.0. The molecule has 1 saturated carbocycles. The second-order valence-electron chi connectivity index (χ2n) is 6.90. The van der Waals surface area contributed by atoms with Gasteiger partial charge in [0, 0.05) is 31.0 Å². The zero-order valence-corrected chi connectivity index (χ0v) is 16.0. The lowest BCUT2D eigenvalue weighted by Gasteiger charge is -2.24. The van der Waals surface area contributed by atoms with E-state index in [4.69, 9.17) is 4.74 Å². The molecule has 1 aliphatic carbocycles. The van der Waals surface area contributed by atoms with Crippen LogP contribution in [-0.4, -0.2) is 40.8 Å². The number of ether oxygens (including phenoxy) is 1. The first-order valence-corrected chi connectivity index (χ1v) is 9.71. The maximum atomic E-state index is 13.6. The van der Waals surface area contributed by atoms with Crippen molar-refractivity contribution in [3.63, 3.8) is 0 Å². The van der Waals surface area contributed by atoms with E-state index < -0.39 is 6.17 Å². The molecule has 7 heteroatoms. The average Bonchev–Trinajstić information content (AvgIpc) is 2.73. The fourth-order valence-electron chi connectivity index (χ4n) is 3.24. The van der Waals surface area contributed by atoms with Gasteiger partial charge in [0.1, 0.15) is 17.7 Å². The standard InChI is InChI=1S/C20H28FN5O/c1-3-14(21)12-23-20-24-13-17(18-11-16(27-2)9-10-22-18)19(26-20)25-15-7-5-4-6-8-15/h9-11,13-15H,3-8,12H2,1-2H3,(H2,23,24,25,26). The highest BCUT2D eigenvalue weighted by Gasteiger charge is 2.18. The number of hydrogen-bond donors (Lipinski definition) is 2. The third-order valence-electron chi connectivity index (χ3n) is 4.90. The Morgan fingerprint density at radius 1 is 1.26 bits per heavy atom. The Kier molecular flexibility index (Phi) is 6.79. The van der Waals surface area contributed by atoms with Crippen LogP contribution in [0.15, 0.2) is 24.5 Å². The summed E-state index contributed by atoms with van der Waals surface area (Å²) in [4.78, 5) is 13.4. The summed E-state index contributed by atoms with van der Waals surface area (Å²) in [7, 11) is 1.63. The molecule has 1 aliphatic rings. The summed E-state index contributed by atoms with van der Waals surface area (Å²) in [6.07, 6.45) is 8.98. The Balaban J connectivity index is 1.87. The Hall–Kier alpha value is -2.44. The topological polar surface area (TPSA) is 72.0 Å². The van der Waals surface area contributed by atoms with Crippen LogP contribution in [0.4, 0.5) is 16.2 Å². The summed E-state index contributed by atoms with van der Waals surface area (Å²) < 4.78 is 18.9. The number of rotatable bonds is 8. The number of methoxy groups -OCH3 is 1. The molecule has 2 aromatic heterocycles. The minimum absolute atomic E-state index is 0.204. The van der Waals surface area contributed by atoms with Gasteiger partial charge in [-0.2, -0.15) is 4.98 Å². The molecule has 27 heavy (non-hydrogen) atoms. The molecule has 1 atom stereocenters. The van der Waals surface area contributed by atoms with Crippen molar-refractivity contribution in [2.75, 3.05) is 24.3 Å². The molecule has 2 aromatic rings. The van der Waals surface area contributed by atoms with Gasteiger partial charge < -0.3 is 15.4 Å². The first-order valence-electron chi connectivity index (χ1n) is 9.71. The number of alkyl halides is 1. The highest BCUT2D eigenvalue weighted by Crippen LogP contribution is 2.30. The molecule has 1 unspecified atom stereocenters. The fraction of sp³-hybridized carbons (Fsp3) is 0.550. The quantitative estimate of drug-likeness (QED) is 0.712. The van der Waals surface area contributed by atoms with Crippen LogP contribution < -0.4 is 15.4 Å². The average molecular weight is 373 g/mol. The highest BCUT2D eigenvalue weighted by molar-refractivity contribution is 5.73. The van der Waals surface area contributed by atoms with Crippen molar-refractivity contribution in [2.45, 2.75) is 57.7 Å². The van der Waals surface area contributed by atoms with Crippen LogP contribution in [0.2, 0.25) is 0 Å². The predicted octanol–water partition coefficient (Wildman–Crippen LogP) is 4.45. The molecular formula is C20H28FN5O. The van der Waals surface area contributed by atoms with E-state index in [0.717, 1.165) is 35.7 Å². The Morgan fingerprint density at radius 2 is 2.07 bits per heavy atom. The lowest BCUT2D eigenvalue weighted by Crippen LogP contribution is -2.24. The van der Waals surface area contributed by atoms with E-state index >= 15 is 0 Å². The smallest absolute Gasteiger partial charge is 0.224 e. The van der Waals surface area contributed by atoms with E-state index in [1.807, 2.05) is 13.0 Å². The van der Waals surface area contributed by atoms with E-state index in [-0.39, 0.29) is 6.54 Å². The van der Waals surface area contributed by atoms with Crippen LogP contribution >= 0.6 is 0 Å². The van der Waals surface area contributed by atoms with Crippen molar-refractivity contribution in [3.05, 3.63) is 24.5 Å². The van der Waals surface area contributed by atoms with Gasteiger partial charge in [0.15, 0.2) is 0 Å². The molecule has 0 aliphatic heterocycles. The number of hydrogen-bond acceptors (Lipinski definition) is 6. The van der Waals surface area contributed by atoms with E-state index in [1.54, 1.807) is 25.6 Å². The number of pyridine rings is 1. The van der Waals surface area contributed by atoms with Crippen molar-refractivity contribution in [1.29, 1.82) is 0 Å². The second kappa shape index (κ2) is 9.48. The Labute approximate surface area is 160 Å². The van der Waals surface area contributed by atoms with Gasteiger partial charge in [-0.15, -0.1) is 0 Å². The van der Waals surface area contributed by atoms with Gasteiger partial charge in [-0.05, 0) is 25.3 Å². The first kappa shape index (κ1) is 19.3. The molecule has 6 nitrogen and oxygen atoms in total. The van der Waals surface area contributed by atoms with Crippen LogP contribution in [0.3, 0.4) is 0 Å². The van der Waals surface area contributed by atoms with Gasteiger partial charge in [0.05, 0.1) is 18.4 Å². The van der Waals surface area contributed by atoms with Crippen LogP contribution in [0.1, 0.15) is 45.4 Å². The lowest BCUT2D eigenvalue weighted by atomic mass is 9.95. The molecule has 146 valence electrons. The van der Waals surface area contributed by atoms with Crippen molar-refractivity contribution >= 4 is 11.8 Å².